The molecular weight excluding hydrogens is 276 g/mol. The van der Waals surface area contributed by atoms with Crippen LogP contribution in [0, 0.1) is 6.92 Å². The summed E-state index contributed by atoms with van der Waals surface area (Å²) in [4.78, 5) is 18.3. The average molecular weight is 300 g/mol. The molecule has 0 aromatic carbocycles. The highest BCUT2D eigenvalue weighted by atomic mass is 15.3. The SMILES string of the molecule is CCc1cc(N2CCN(Cc3nccn3C)CC2)nc(C)n1. The number of rotatable bonds is 4. The van der Waals surface area contributed by atoms with Crippen LogP contribution < -0.4 is 4.90 Å². The number of imidazole rings is 1. The van der Waals surface area contributed by atoms with Gasteiger partial charge in [0.2, 0.25) is 0 Å². The van der Waals surface area contributed by atoms with Gasteiger partial charge in [0.1, 0.15) is 17.5 Å². The van der Waals surface area contributed by atoms with Gasteiger partial charge in [0.15, 0.2) is 0 Å². The lowest BCUT2D eigenvalue weighted by Gasteiger charge is -2.35. The normalized spacial score (nSPS) is 16.2. The maximum Gasteiger partial charge on any atom is 0.132 e. The van der Waals surface area contributed by atoms with Crippen molar-refractivity contribution in [3.8, 4) is 0 Å². The summed E-state index contributed by atoms with van der Waals surface area (Å²) in [5.41, 5.74) is 1.12. The lowest BCUT2D eigenvalue weighted by atomic mass is 10.2. The lowest BCUT2D eigenvalue weighted by Crippen LogP contribution is -2.46. The fourth-order valence-electron chi connectivity index (χ4n) is 2.84. The van der Waals surface area contributed by atoms with Crippen molar-refractivity contribution in [1.29, 1.82) is 0 Å². The fourth-order valence-corrected chi connectivity index (χ4v) is 2.84. The van der Waals surface area contributed by atoms with E-state index in [0.29, 0.717) is 0 Å². The van der Waals surface area contributed by atoms with Gasteiger partial charge in [0.05, 0.1) is 6.54 Å². The second-order valence-corrected chi connectivity index (χ2v) is 5.84. The van der Waals surface area contributed by atoms with Gasteiger partial charge in [-0.3, -0.25) is 4.90 Å². The lowest BCUT2D eigenvalue weighted by molar-refractivity contribution is 0.241. The highest BCUT2D eigenvalue weighted by Crippen LogP contribution is 2.16. The first-order valence-corrected chi connectivity index (χ1v) is 7.93. The highest BCUT2D eigenvalue weighted by molar-refractivity contribution is 5.40. The molecule has 2 aromatic rings. The van der Waals surface area contributed by atoms with Gasteiger partial charge in [0, 0.05) is 57.4 Å². The highest BCUT2D eigenvalue weighted by Gasteiger charge is 2.19. The monoisotopic (exact) mass is 300 g/mol. The van der Waals surface area contributed by atoms with Gasteiger partial charge in [-0.05, 0) is 13.3 Å². The summed E-state index contributed by atoms with van der Waals surface area (Å²) in [7, 11) is 2.05. The predicted octanol–water partition coefficient (Wildman–Crippen LogP) is 1.40. The van der Waals surface area contributed by atoms with Crippen LogP contribution in [0.2, 0.25) is 0 Å². The molecule has 0 radical (unpaired) electrons. The minimum Gasteiger partial charge on any atom is -0.354 e. The van der Waals surface area contributed by atoms with E-state index in [2.05, 4.69) is 49.4 Å². The first-order chi connectivity index (χ1) is 10.7. The van der Waals surface area contributed by atoms with E-state index in [-0.39, 0.29) is 0 Å². The minimum atomic E-state index is 0.866. The van der Waals surface area contributed by atoms with E-state index in [0.717, 1.165) is 62.3 Å². The van der Waals surface area contributed by atoms with Crippen LogP contribution in [0.5, 0.6) is 0 Å². The summed E-state index contributed by atoms with van der Waals surface area (Å²) in [6.45, 7) is 9.11. The molecule has 1 aliphatic heterocycles. The van der Waals surface area contributed by atoms with Gasteiger partial charge >= 0.3 is 0 Å². The van der Waals surface area contributed by atoms with Crippen LogP contribution in [0.15, 0.2) is 18.5 Å². The molecule has 0 atom stereocenters. The van der Waals surface area contributed by atoms with Crippen molar-refractivity contribution in [1.82, 2.24) is 24.4 Å². The molecule has 6 heteroatoms. The first-order valence-electron chi connectivity index (χ1n) is 7.93. The minimum absolute atomic E-state index is 0.866. The molecule has 0 spiro atoms. The molecule has 0 unspecified atom stereocenters. The summed E-state index contributed by atoms with van der Waals surface area (Å²) >= 11 is 0. The van der Waals surface area contributed by atoms with Crippen LogP contribution in [0.3, 0.4) is 0 Å². The molecule has 0 saturated carbocycles. The van der Waals surface area contributed by atoms with Crippen LogP contribution in [-0.4, -0.2) is 50.6 Å². The Kier molecular flexibility index (Phi) is 4.38. The van der Waals surface area contributed by atoms with Crippen LogP contribution in [0.1, 0.15) is 24.3 Å². The zero-order valence-electron chi connectivity index (χ0n) is 13.7. The van der Waals surface area contributed by atoms with Crippen molar-refractivity contribution < 1.29 is 0 Å². The number of hydrogen-bond donors (Lipinski definition) is 0. The van der Waals surface area contributed by atoms with Gasteiger partial charge in [-0.2, -0.15) is 0 Å². The quantitative estimate of drug-likeness (QED) is 0.854. The molecule has 0 amide bonds. The number of anilines is 1. The van der Waals surface area contributed by atoms with Gasteiger partial charge in [-0.25, -0.2) is 15.0 Å². The van der Waals surface area contributed by atoms with Crippen LogP contribution in [0.4, 0.5) is 5.82 Å². The summed E-state index contributed by atoms with van der Waals surface area (Å²) in [6.07, 6.45) is 4.82. The summed E-state index contributed by atoms with van der Waals surface area (Å²) in [5, 5.41) is 0. The van der Waals surface area contributed by atoms with E-state index in [1.165, 1.54) is 0 Å². The maximum absolute atomic E-state index is 4.60. The average Bonchev–Trinajstić information content (AvgIpc) is 2.92. The van der Waals surface area contributed by atoms with Crippen molar-refractivity contribution in [2.24, 2.45) is 7.05 Å². The number of piperazine rings is 1. The van der Waals surface area contributed by atoms with Crippen LogP contribution in [-0.2, 0) is 20.0 Å². The Morgan fingerprint density at radius 2 is 1.91 bits per heavy atom. The van der Waals surface area contributed by atoms with Crippen molar-refractivity contribution in [3.05, 3.63) is 35.8 Å². The summed E-state index contributed by atoms with van der Waals surface area (Å²) < 4.78 is 2.09. The van der Waals surface area contributed by atoms with Crippen molar-refractivity contribution in [2.45, 2.75) is 26.8 Å². The van der Waals surface area contributed by atoms with Crippen molar-refractivity contribution in [3.63, 3.8) is 0 Å². The molecule has 1 fully saturated rings. The third kappa shape index (κ3) is 3.27. The van der Waals surface area contributed by atoms with E-state index >= 15 is 0 Å². The number of aromatic nitrogens is 4. The zero-order chi connectivity index (χ0) is 15.5. The summed E-state index contributed by atoms with van der Waals surface area (Å²) in [6, 6.07) is 2.13. The Hall–Kier alpha value is -1.95. The van der Waals surface area contributed by atoms with Gasteiger partial charge in [-0.1, -0.05) is 6.92 Å². The van der Waals surface area contributed by atoms with E-state index in [1.807, 2.05) is 19.3 Å². The summed E-state index contributed by atoms with van der Waals surface area (Å²) in [5.74, 6) is 3.06. The Bertz CT molecular complexity index is 627. The van der Waals surface area contributed by atoms with Crippen molar-refractivity contribution in [2.75, 3.05) is 31.1 Å². The smallest absolute Gasteiger partial charge is 0.132 e. The molecule has 2 aromatic heterocycles. The third-order valence-electron chi connectivity index (χ3n) is 4.22. The van der Waals surface area contributed by atoms with Crippen LogP contribution in [0.25, 0.3) is 0 Å². The second kappa shape index (κ2) is 6.44. The predicted molar refractivity (Wildman–Crippen MR) is 86.8 cm³/mol. The Labute approximate surface area is 131 Å². The number of aryl methyl sites for hydroxylation is 3. The van der Waals surface area contributed by atoms with Gasteiger partial charge in [-0.15, -0.1) is 0 Å². The molecule has 0 bridgehead atoms. The Morgan fingerprint density at radius 1 is 1.14 bits per heavy atom. The van der Waals surface area contributed by atoms with Crippen molar-refractivity contribution >= 4 is 5.82 Å². The molecule has 118 valence electrons. The molecular formula is C16H24N6. The molecule has 1 aliphatic rings. The van der Waals surface area contributed by atoms with E-state index in [4.69, 9.17) is 0 Å². The first kappa shape index (κ1) is 15.0. The maximum atomic E-state index is 4.60. The van der Waals surface area contributed by atoms with Crippen LogP contribution >= 0.6 is 0 Å². The molecule has 3 heterocycles. The molecule has 0 N–H and O–H groups in total. The Balaban J connectivity index is 1.62. The van der Waals surface area contributed by atoms with E-state index in [1.54, 1.807) is 0 Å². The molecule has 0 aliphatic carbocycles. The molecule has 3 rings (SSSR count). The standard InChI is InChI=1S/C16H24N6/c1-4-14-11-15(19-13(2)18-14)22-9-7-21(8-10-22)12-16-17-5-6-20(16)3/h5-6,11H,4,7-10,12H2,1-3H3. The van der Waals surface area contributed by atoms with Gasteiger partial charge < -0.3 is 9.47 Å². The number of nitrogens with zero attached hydrogens (tertiary/aromatic N) is 6. The van der Waals surface area contributed by atoms with E-state index < -0.39 is 0 Å². The third-order valence-corrected chi connectivity index (χ3v) is 4.22. The van der Waals surface area contributed by atoms with Gasteiger partial charge in [0.25, 0.3) is 0 Å². The fraction of sp³-hybridized carbons (Fsp3) is 0.562. The topological polar surface area (TPSA) is 50.1 Å². The Morgan fingerprint density at radius 3 is 2.55 bits per heavy atom. The van der Waals surface area contributed by atoms with E-state index in [9.17, 15) is 0 Å². The second-order valence-electron chi connectivity index (χ2n) is 5.84. The number of hydrogen-bond acceptors (Lipinski definition) is 5. The molecule has 6 nitrogen and oxygen atoms in total. The zero-order valence-corrected chi connectivity index (χ0v) is 13.7. The molecule has 22 heavy (non-hydrogen) atoms. The largest absolute Gasteiger partial charge is 0.354 e. The molecule has 1 saturated heterocycles.